The normalized spacial score (nSPS) is 10.2. The van der Waals surface area contributed by atoms with Crippen molar-refractivity contribution in [3.8, 4) is 0 Å². The highest BCUT2D eigenvalue weighted by atomic mass is 79.9. The SMILES string of the molecule is COC(=O)c1c(N)nsc1NCc1cccc(Br)c1. The molecule has 0 aliphatic heterocycles. The molecule has 0 spiro atoms. The molecule has 0 aliphatic carbocycles. The summed E-state index contributed by atoms with van der Waals surface area (Å²) < 4.78 is 9.65. The predicted molar refractivity (Wildman–Crippen MR) is 79.3 cm³/mol. The number of carbonyl (C=O) groups is 1. The van der Waals surface area contributed by atoms with Gasteiger partial charge in [-0.2, -0.15) is 4.37 Å². The molecule has 0 saturated heterocycles. The van der Waals surface area contributed by atoms with Crippen LogP contribution in [0.2, 0.25) is 0 Å². The fourth-order valence-corrected chi connectivity index (χ4v) is 2.70. The number of esters is 1. The van der Waals surface area contributed by atoms with Gasteiger partial charge >= 0.3 is 5.97 Å². The van der Waals surface area contributed by atoms with Crippen molar-refractivity contribution in [2.75, 3.05) is 18.2 Å². The Morgan fingerprint density at radius 1 is 1.58 bits per heavy atom. The quantitative estimate of drug-likeness (QED) is 0.836. The van der Waals surface area contributed by atoms with Crippen LogP contribution >= 0.6 is 27.5 Å². The Bertz CT molecular complexity index is 600. The number of nitrogens with one attached hydrogen (secondary N) is 1. The van der Waals surface area contributed by atoms with E-state index >= 15 is 0 Å². The van der Waals surface area contributed by atoms with Gasteiger partial charge in [0.15, 0.2) is 5.82 Å². The van der Waals surface area contributed by atoms with Crippen LogP contribution in [0.5, 0.6) is 0 Å². The highest BCUT2D eigenvalue weighted by Crippen LogP contribution is 2.28. The molecule has 1 aromatic carbocycles. The smallest absolute Gasteiger partial charge is 0.344 e. The number of anilines is 2. The topological polar surface area (TPSA) is 77.2 Å². The minimum atomic E-state index is -0.483. The summed E-state index contributed by atoms with van der Waals surface area (Å²) in [5.41, 5.74) is 7.04. The van der Waals surface area contributed by atoms with E-state index in [1.165, 1.54) is 7.11 Å². The summed E-state index contributed by atoms with van der Waals surface area (Å²) in [5, 5.41) is 3.76. The minimum absolute atomic E-state index is 0.189. The van der Waals surface area contributed by atoms with Gasteiger partial charge in [-0.05, 0) is 29.2 Å². The lowest BCUT2D eigenvalue weighted by molar-refractivity contribution is 0.0603. The number of carbonyl (C=O) groups excluding carboxylic acids is 1. The van der Waals surface area contributed by atoms with Crippen LogP contribution in [0, 0.1) is 0 Å². The molecule has 0 radical (unpaired) electrons. The second kappa shape index (κ2) is 6.03. The Hall–Kier alpha value is -1.60. The molecule has 19 heavy (non-hydrogen) atoms. The van der Waals surface area contributed by atoms with Gasteiger partial charge in [0, 0.05) is 11.0 Å². The molecule has 1 heterocycles. The molecule has 7 heteroatoms. The van der Waals surface area contributed by atoms with E-state index in [1.54, 1.807) is 0 Å². The maximum Gasteiger partial charge on any atom is 0.344 e. The molecule has 3 N–H and O–H groups in total. The van der Waals surface area contributed by atoms with Crippen LogP contribution < -0.4 is 11.1 Å². The molecular formula is C12H12BrN3O2S. The van der Waals surface area contributed by atoms with E-state index in [4.69, 9.17) is 5.73 Å². The number of hydrogen-bond acceptors (Lipinski definition) is 6. The number of halogens is 1. The van der Waals surface area contributed by atoms with Crippen molar-refractivity contribution in [2.24, 2.45) is 0 Å². The fourth-order valence-electron chi connectivity index (χ4n) is 1.55. The van der Waals surface area contributed by atoms with Gasteiger partial charge < -0.3 is 15.8 Å². The number of ether oxygens (including phenoxy) is 1. The summed E-state index contributed by atoms with van der Waals surface area (Å²) in [6.07, 6.45) is 0. The zero-order valence-electron chi connectivity index (χ0n) is 10.1. The zero-order chi connectivity index (χ0) is 13.8. The summed E-state index contributed by atoms with van der Waals surface area (Å²) in [6.45, 7) is 0.574. The van der Waals surface area contributed by atoms with Gasteiger partial charge in [0.2, 0.25) is 0 Å². The van der Waals surface area contributed by atoms with Gasteiger partial charge in [0.1, 0.15) is 10.6 Å². The van der Waals surface area contributed by atoms with E-state index < -0.39 is 5.97 Å². The number of rotatable bonds is 4. The number of aromatic nitrogens is 1. The largest absolute Gasteiger partial charge is 0.465 e. The molecule has 5 nitrogen and oxygen atoms in total. The molecule has 0 bridgehead atoms. The van der Waals surface area contributed by atoms with E-state index in [2.05, 4.69) is 30.4 Å². The number of hydrogen-bond donors (Lipinski definition) is 2. The zero-order valence-corrected chi connectivity index (χ0v) is 12.5. The summed E-state index contributed by atoms with van der Waals surface area (Å²) in [5.74, 6) is -0.295. The molecule has 0 fully saturated rings. The average Bonchev–Trinajstić information content (AvgIpc) is 2.77. The molecule has 0 atom stereocenters. The molecule has 100 valence electrons. The third-order valence-corrected chi connectivity index (χ3v) is 3.76. The molecular weight excluding hydrogens is 330 g/mol. The lowest BCUT2D eigenvalue weighted by atomic mass is 10.2. The lowest BCUT2D eigenvalue weighted by Gasteiger charge is -2.06. The van der Waals surface area contributed by atoms with Crippen LogP contribution in [-0.2, 0) is 11.3 Å². The van der Waals surface area contributed by atoms with Crippen molar-refractivity contribution >= 4 is 44.3 Å². The van der Waals surface area contributed by atoms with Gasteiger partial charge in [-0.15, -0.1) is 0 Å². The lowest BCUT2D eigenvalue weighted by Crippen LogP contribution is -2.08. The van der Waals surface area contributed by atoms with Gasteiger partial charge in [-0.3, -0.25) is 0 Å². The van der Waals surface area contributed by atoms with Crippen molar-refractivity contribution in [2.45, 2.75) is 6.54 Å². The Morgan fingerprint density at radius 2 is 2.37 bits per heavy atom. The first-order valence-electron chi connectivity index (χ1n) is 5.43. The predicted octanol–water partition coefficient (Wildman–Crippen LogP) is 2.89. The van der Waals surface area contributed by atoms with Crippen molar-refractivity contribution in [3.63, 3.8) is 0 Å². The molecule has 0 amide bonds. The Morgan fingerprint density at radius 3 is 3.05 bits per heavy atom. The maximum absolute atomic E-state index is 11.6. The van der Waals surface area contributed by atoms with Crippen LogP contribution in [0.15, 0.2) is 28.7 Å². The van der Waals surface area contributed by atoms with E-state index in [0.717, 1.165) is 21.6 Å². The third kappa shape index (κ3) is 3.24. The second-order valence-electron chi connectivity index (χ2n) is 3.75. The highest BCUT2D eigenvalue weighted by molar-refractivity contribution is 9.10. The molecule has 2 rings (SSSR count). The van der Waals surface area contributed by atoms with Crippen molar-refractivity contribution in [3.05, 3.63) is 39.9 Å². The maximum atomic E-state index is 11.6. The van der Waals surface area contributed by atoms with Crippen LogP contribution in [0.25, 0.3) is 0 Å². The first kappa shape index (κ1) is 13.8. The fraction of sp³-hybridized carbons (Fsp3) is 0.167. The Labute approximate surface area is 123 Å². The summed E-state index contributed by atoms with van der Waals surface area (Å²) in [7, 11) is 1.32. The summed E-state index contributed by atoms with van der Waals surface area (Å²) in [4.78, 5) is 11.6. The van der Waals surface area contributed by atoms with Crippen LogP contribution in [0.4, 0.5) is 10.8 Å². The van der Waals surface area contributed by atoms with Gasteiger partial charge in [0.25, 0.3) is 0 Å². The highest BCUT2D eigenvalue weighted by Gasteiger charge is 2.19. The Kier molecular flexibility index (Phi) is 4.39. The monoisotopic (exact) mass is 341 g/mol. The van der Waals surface area contributed by atoms with E-state index in [1.807, 2.05) is 24.3 Å². The van der Waals surface area contributed by atoms with E-state index in [0.29, 0.717) is 17.1 Å². The minimum Gasteiger partial charge on any atom is -0.465 e. The number of methoxy groups -OCH3 is 1. The molecule has 0 saturated carbocycles. The van der Waals surface area contributed by atoms with Crippen molar-refractivity contribution in [1.29, 1.82) is 0 Å². The number of benzene rings is 1. The molecule has 1 aromatic heterocycles. The van der Waals surface area contributed by atoms with E-state index in [9.17, 15) is 4.79 Å². The van der Waals surface area contributed by atoms with Gasteiger partial charge in [-0.25, -0.2) is 4.79 Å². The number of nitrogens with zero attached hydrogens (tertiary/aromatic N) is 1. The second-order valence-corrected chi connectivity index (χ2v) is 5.44. The molecule has 0 aliphatic rings. The number of nitrogens with two attached hydrogens (primary N) is 1. The number of nitrogen functional groups attached to an aromatic ring is 1. The van der Waals surface area contributed by atoms with E-state index in [-0.39, 0.29) is 5.82 Å². The Balaban J connectivity index is 2.14. The third-order valence-electron chi connectivity index (χ3n) is 2.45. The summed E-state index contributed by atoms with van der Waals surface area (Å²) in [6, 6.07) is 7.88. The van der Waals surface area contributed by atoms with Crippen LogP contribution in [0.3, 0.4) is 0 Å². The van der Waals surface area contributed by atoms with Gasteiger partial charge in [0.05, 0.1) is 7.11 Å². The van der Waals surface area contributed by atoms with Crippen molar-refractivity contribution < 1.29 is 9.53 Å². The first-order chi connectivity index (χ1) is 9.11. The first-order valence-corrected chi connectivity index (χ1v) is 7.00. The van der Waals surface area contributed by atoms with Gasteiger partial charge in [-0.1, -0.05) is 28.1 Å². The molecule has 0 unspecified atom stereocenters. The van der Waals surface area contributed by atoms with Crippen LogP contribution in [0.1, 0.15) is 15.9 Å². The standard InChI is InChI=1S/C12H12BrN3O2S/c1-18-12(17)9-10(14)16-19-11(9)15-6-7-3-2-4-8(13)5-7/h2-5,15H,6H2,1H3,(H2,14,16). The summed E-state index contributed by atoms with van der Waals surface area (Å²) >= 11 is 4.55. The van der Waals surface area contributed by atoms with Crippen molar-refractivity contribution in [1.82, 2.24) is 4.37 Å². The average molecular weight is 342 g/mol. The molecule has 2 aromatic rings. The van der Waals surface area contributed by atoms with Crippen LogP contribution in [-0.4, -0.2) is 17.5 Å².